The monoisotopic (exact) mass is 294 g/mol. The predicted octanol–water partition coefficient (Wildman–Crippen LogP) is 3.49. The van der Waals surface area contributed by atoms with Crippen LogP contribution in [0.4, 0.5) is 8.78 Å². The Hall–Kier alpha value is -1.00. The van der Waals surface area contributed by atoms with Crippen LogP contribution in [0.1, 0.15) is 44.2 Å². The van der Waals surface area contributed by atoms with Crippen molar-refractivity contribution in [2.45, 2.75) is 44.7 Å². The second-order valence-corrected chi connectivity index (χ2v) is 6.50. The van der Waals surface area contributed by atoms with Gasteiger partial charge >= 0.3 is 0 Å². The highest BCUT2D eigenvalue weighted by Crippen LogP contribution is 2.34. The lowest BCUT2D eigenvalue weighted by Crippen LogP contribution is -2.40. The topological polar surface area (TPSA) is 15.3 Å². The van der Waals surface area contributed by atoms with E-state index < -0.39 is 11.6 Å². The van der Waals surface area contributed by atoms with Gasteiger partial charge in [-0.05, 0) is 57.2 Å². The van der Waals surface area contributed by atoms with Crippen LogP contribution in [0.2, 0.25) is 0 Å². The number of nitrogens with zero attached hydrogens (tertiary/aromatic N) is 1. The van der Waals surface area contributed by atoms with Crippen molar-refractivity contribution < 1.29 is 8.78 Å². The Kier molecular flexibility index (Phi) is 4.55. The molecule has 1 N–H and O–H groups in total. The smallest absolute Gasteiger partial charge is 0.130 e. The van der Waals surface area contributed by atoms with Gasteiger partial charge in [0.15, 0.2) is 0 Å². The fraction of sp³-hybridized carbons (Fsp3) is 0.647. The third-order valence-corrected chi connectivity index (χ3v) is 4.77. The molecule has 1 aliphatic carbocycles. The van der Waals surface area contributed by atoms with Crippen molar-refractivity contribution in [3.8, 4) is 0 Å². The Labute approximate surface area is 125 Å². The first-order chi connectivity index (χ1) is 10.1. The van der Waals surface area contributed by atoms with E-state index in [9.17, 15) is 8.78 Å². The third kappa shape index (κ3) is 3.61. The minimum Gasteiger partial charge on any atom is -0.313 e. The lowest BCUT2D eigenvalue weighted by molar-refractivity contribution is 0.177. The van der Waals surface area contributed by atoms with E-state index in [4.69, 9.17) is 0 Å². The number of halogens is 2. The Morgan fingerprint density at radius 1 is 1.19 bits per heavy atom. The Bertz CT molecular complexity index is 461. The quantitative estimate of drug-likeness (QED) is 0.864. The van der Waals surface area contributed by atoms with Crippen LogP contribution in [0.3, 0.4) is 0 Å². The normalized spacial score (nSPS) is 23.7. The average molecular weight is 294 g/mol. The highest BCUT2D eigenvalue weighted by molar-refractivity contribution is 5.23. The maximum absolute atomic E-state index is 14.0. The van der Waals surface area contributed by atoms with E-state index in [-0.39, 0.29) is 11.6 Å². The predicted molar refractivity (Wildman–Crippen MR) is 80.1 cm³/mol. The first-order valence-corrected chi connectivity index (χ1v) is 8.06. The summed E-state index contributed by atoms with van der Waals surface area (Å²) in [6, 6.07) is 4.40. The van der Waals surface area contributed by atoms with Crippen molar-refractivity contribution in [2.75, 3.05) is 19.6 Å². The molecule has 0 bridgehead atoms. The van der Waals surface area contributed by atoms with Crippen LogP contribution < -0.4 is 5.32 Å². The van der Waals surface area contributed by atoms with Gasteiger partial charge in [-0.1, -0.05) is 6.07 Å². The van der Waals surface area contributed by atoms with E-state index >= 15 is 0 Å². The van der Waals surface area contributed by atoms with Gasteiger partial charge in [0.25, 0.3) is 0 Å². The molecule has 3 rings (SSSR count). The zero-order valence-corrected chi connectivity index (χ0v) is 12.6. The molecule has 1 aromatic rings. The van der Waals surface area contributed by atoms with Gasteiger partial charge in [0.2, 0.25) is 0 Å². The molecule has 4 heteroatoms. The van der Waals surface area contributed by atoms with Crippen molar-refractivity contribution >= 4 is 0 Å². The molecule has 1 aromatic carbocycles. The van der Waals surface area contributed by atoms with Gasteiger partial charge in [0.1, 0.15) is 11.6 Å². The fourth-order valence-electron chi connectivity index (χ4n) is 3.31. The summed E-state index contributed by atoms with van der Waals surface area (Å²) in [4.78, 5) is 2.27. The SMILES string of the molecule is CC(c1c(F)cccc1F)N(CC1CC1)CC1CCCN1. The molecule has 2 fully saturated rings. The molecule has 2 atom stereocenters. The Balaban J connectivity index is 1.76. The summed E-state index contributed by atoms with van der Waals surface area (Å²) in [6.45, 7) is 4.82. The number of rotatable bonds is 6. The third-order valence-electron chi connectivity index (χ3n) is 4.77. The van der Waals surface area contributed by atoms with Gasteiger partial charge in [-0.15, -0.1) is 0 Å². The second kappa shape index (κ2) is 6.41. The van der Waals surface area contributed by atoms with Crippen molar-refractivity contribution in [3.63, 3.8) is 0 Å². The van der Waals surface area contributed by atoms with Crippen LogP contribution in [0, 0.1) is 17.6 Å². The first kappa shape index (κ1) is 14.9. The summed E-state index contributed by atoms with van der Waals surface area (Å²) in [5, 5.41) is 3.49. The zero-order chi connectivity index (χ0) is 14.8. The summed E-state index contributed by atoms with van der Waals surface area (Å²) < 4.78 is 28.1. The summed E-state index contributed by atoms with van der Waals surface area (Å²) in [6.07, 6.45) is 4.86. The van der Waals surface area contributed by atoms with Gasteiger partial charge in [-0.25, -0.2) is 8.78 Å². The molecule has 0 aromatic heterocycles. The molecular weight excluding hydrogens is 270 g/mol. The van der Waals surface area contributed by atoms with Crippen LogP contribution >= 0.6 is 0 Å². The van der Waals surface area contributed by atoms with Crippen LogP contribution in [-0.4, -0.2) is 30.6 Å². The van der Waals surface area contributed by atoms with Crippen molar-refractivity contribution in [1.29, 1.82) is 0 Å². The average Bonchev–Trinajstić information content (AvgIpc) is 3.11. The molecule has 21 heavy (non-hydrogen) atoms. The summed E-state index contributed by atoms with van der Waals surface area (Å²) in [5.41, 5.74) is 0.219. The second-order valence-electron chi connectivity index (χ2n) is 6.50. The van der Waals surface area contributed by atoms with Crippen LogP contribution in [0.5, 0.6) is 0 Å². The van der Waals surface area contributed by atoms with E-state index in [1.807, 2.05) is 6.92 Å². The lowest BCUT2D eigenvalue weighted by Gasteiger charge is -2.32. The molecule has 2 aliphatic rings. The maximum Gasteiger partial charge on any atom is 0.130 e. The minimum atomic E-state index is -0.428. The van der Waals surface area contributed by atoms with Gasteiger partial charge in [0.05, 0.1) is 0 Å². The van der Waals surface area contributed by atoms with Crippen LogP contribution in [0.15, 0.2) is 18.2 Å². The number of nitrogens with one attached hydrogen (secondary N) is 1. The molecule has 1 saturated carbocycles. The lowest BCUT2D eigenvalue weighted by atomic mass is 10.0. The molecule has 2 unspecified atom stereocenters. The molecule has 1 saturated heterocycles. The largest absolute Gasteiger partial charge is 0.313 e. The summed E-state index contributed by atoms with van der Waals surface area (Å²) >= 11 is 0. The van der Waals surface area contributed by atoms with Crippen molar-refractivity contribution in [1.82, 2.24) is 10.2 Å². The Morgan fingerprint density at radius 2 is 1.90 bits per heavy atom. The van der Waals surface area contributed by atoms with Crippen LogP contribution in [-0.2, 0) is 0 Å². The molecule has 1 heterocycles. The first-order valence-electron chi connectivity index (χ1n) is 8.06. The molecule has 116 valence electrons. The molecule has 0 amide bonds. The number of hydrogen-bond donors (Lipinski definition) is 1. The highest BCUT2D eigenvalue weighted by Gasteiger charge is 2.31. The van der Waals surface area contributed by atoms with Crippen molar-refractivity contribution in [3.05, 3.63) is 35.4 Å². The number of hydrogen-bond acceptors (Lipinski definition) is 2. The van der Waals surface area contributed by atoms with Gasteiger partial charge in [-0.2, -0.15) is 0 Å². The van der Waals surface area contributed by atoms with E-state index in [0.717, 1.165) is 26.1 Å². The Morgan fingerprint density at radius 3 is 2.48 bits per heavy atom. The van der Waals surface area contributed by atoms with Gasteiger partial charge in [0, 0.05) is 30.7 Å². The standard InChI is InChI=1S/C17H24F2N2/c1-12(17-15(18)5-2-6-16(17)19)21(10-13-7-8-13)11-14-4-3-9-20-14/h2,5-6,12-14,20H,3-4,7-11H2,1H3. The summed E-state index contributed by atoms with van der Waals surface area (Å²) in [7, 11) is 0. The summed E-state index contributed by atoms with van der Waals surface area (Å²) in [5.74, 6) is -0.144. The van der Waals surface area contributed by atoms with Gasteiger partial charge < -0.3 is 5.32 Å². The molecule has 2 nitrogen and oxygen atoms in total. The van der Waals surface area contributed by atoms with E-state index in [2.05, 4.69) is 10.2 Å². The highest BCUT2D eigenvalue weighted by atomic mass is 19.1. The van der Waals surface area contributed by atoms with E-state index in [1.165, 1.54) is 37.5 Å². The number of benzene rings is 1. The minimum absolute atomic E-state index is 0.214. The van der Waals surface area contributed by atoms with Crippen LogP contribution in [0.25, 0.3) is 0 Å². The molecular formula is C17H24F2N2. The fourth-order valence-corrected chi connectivity index (χ4v) is 3.31. The van der Waals surface area contributed by atoms with E-state index in [1.54, 1.807) is 0 Å². The van der Waals surface area contributed by atoms with E-state index in [0.29, 0.717) is 12.0 Å². The zero-order valence-electron chi connectivity index (χ0n) is 12.6. The molecule has 0 spiro atoms. The maximum atomic E-state index is 14.0. The van der Waals surface area contributed by atoms with Gasteiger partial charge in [-0.3, -0.25) is 4.90 Å². The molecule has 0 radical (unpaired) electrons. The van der Waals surface area contributed by atoms with Crippen molar-refractivity contribution in [2.24, 2.45) is 5.92 Å². The molecule has 1 aliphatic heterocycles.